The summed E-state index contributed by atoms with van der Waals surface area (Å²) in [4.78, 5) is 16.0. The van der Waals surface area contributed by atoms with Crippen molar-refractivity contribution in [3.05, 3.63) is 115 Å². The number of carbonyl (C=O) groups excluding carboxylic acids is 1. The van der Waals surface area contributed by atoms with Crippen LogP contribution >= 0.6 is 11.3 Å². The molecule has 0 unspecified atom stereocenters. The molecule has 0 atom stereocenters. The summed E-state index contributed by atoms with van der Waals surface area (Å²) in [6.07, 6.45) is 3.16. The Balaban J connectivity index is 0.000000378. The summed E-state index contributed by atoms with van der Waals surface area (Å²) in [7, 11) is 0. The Morgan fingerprint density at radius 1 is 0.914 bits per heavy atom. The van der Waals surface area contributed by atoms with Gasteiger partial charge in [-0.05, 0) is 36.1 Å². The molecule has 5 rings (SSSR count). The first kappa shape index (κ1) is 26.2. The molecule has 0 aliphatic rings. The van der Waals surface area contributed by atoms with Crippen LogP contribution in [-0.4, -0.2) is 15.9 Å². The van der Waals surface area contributed by atoms with Crippen LogP contribution in [0.15, 0.2) is 109 Å². The van der Waals surface area contributed by atoms with E-state index in [0.29, 0.717) is 0 Å². The van der Waals surface area contributed by atoms with Gasteiger partial charge in [0, 0.05) is 42.8 Å². The quantitative estimate of drug-likeness (QED) is 0.121. The topological polar surface area (TPSA) is 50.2 Å². The van der Waals surface area contributed by atoms with E-state index in [4.69, 9.17) is 10.1 Å². The first-order valence-corrected chi connectivity index (χ1v) is 11.7. The van der Waals surface area contributed by atoms with Gasteiger partial charge in [-0.3, -0.25) is 4.79 Å². The van der Waals surface area contributed by atoms with E-state index in [0.717, 1.165) is 11.3 Å². The van der Waals surface area contributed by atoms with Gasteiger partial charge < -0.3 is 10.1 Å². The molecule has 5 aromatic rings. The molecule has 3 aromatic carbocycles. The standard InChI is InChI=1S/C25H16NS.C5H8O2.Ir/c1-4-10-18(11-5-1)22-16-21-23(17-26-22)27-25(20-14-8-3-9-15-20)24(21)19-12-6-2-7-13-19;1-4(6)3-5(2)7;/h1-10,12-17H;3,6H,1-2H3;/q-1;;/b;4-3-;. The van der Waals surface area contributed by atoms with E-state index in [9.17, 15) is 4.79 Å². The number of thiophene rings is 1. The molecule has 177 valence electrons. The second kappa shape index (κ2) is 12.4. The molecule has 0 saturated carbocycles. The maximum absolute atomic E-state index is 10.0. The minimum absolute atomic E-state index is 0. The van der Waals surface area contributed by atoms with Gasteiger partial charge in [-0.1, -0.05) is 66.7 Å². The van der Waals surface area contributed by atoms with Crippen LogP contribution in [0, 0.1) is 6.07 Å². The molecule has 0 aliphatic heterocycles. The molecule has 1 radical (unpaired) electrons. The zero-order valence-corrected chi connectivity index (χ0v) is 22.6. The van der Waals surface area contributed by atoms with E-state index in [-0.39, 0.29) is 31.6 Å². The number of benzene rings is 3. The molecule has 0 aliphatic carbocycles. The summed E-state index contributed by atoms with van der Waals surface area (Å²) in [5, 5.41) is 9.61. The van der Waals surface area contributed by atoms with Gasteiger partial charge in [-0.25, -0.2) is 0 Å². The van der Waals surface area contributed by atoms with Crippen LogP contribution in [0.25, 0.3) is 42.9 Å². The number of hydrogen-bond donors (Lipinski definition) is 1. The summed E-state index contributed by atoms with van der Waals surface area (Å²) in [6, 6.07) is 34.7. The van der Waals surface area contributed by atoms with Gasteiger partial charge in [-0.15, -0.1) is 47.2 Å². The molecule has 0 amide bonds. The molecule has 0 saturated heterocycles. The van der Waals surface area contributed by atoms with Crippen molar-refractivity contribution in [2.24, 2.45) is 0 Å². The smallest absolute Gasteiger partial charge is 0.155 e. The number of aromatic nitrogens is 1. The van der Waals surface area contributed by atoms with Crippen molar-refractivity contribution in [2.45, 2.75) is 13.8 Å². The predicted molar refractivity (Wildman–Crippen MR) is 142 cm³/mol. The monoisotopic (exact) mass is 655 g/mol. The van der Waals surface area contributed by atoms with Gasteiger partial charge in [-0.2, -0.15) is 0 Å². The molecule has 3 nitrogen and oxygen atoms in total. The first-order valence-electron chi connectivity index (χ1n) is 10.9. The Labute approximate surface area is 223 Å². The predicted octanol–water partition coefficient (Wildman–Crippen LogP) is 8.13. The van der Waals surface area contributed by atoms with Crippen molar-refractivity contribution in [1.82, 2.24) is 4.98 Å². The number of ketones is 1. The van der Waals surface area contributed by atoms with Crippen molar-refractivity contribution in [1.29, 1.82) is 0 Å². The Morgan fingerprint density at radius 2 is 1.54 bits per heavy atom. The summed E-state index contributed by atoms with van der Waals surface area (Å²) in [6.45, 7) is 2.85. The van der Waals surface area contributed by atoms with Gasteiger partial charge in [0.15, 0.2) is 5.78 Å². The van der Waals surface area contributed by atoms with Crippen LogP contribution in [-0.2, 0) is 24.9 Å². The second-order valence-corrected chi connectivity index (χ2v) is 8.83. The van der Waals surface area contributed by atoms with Crippen LogP contribution in [0.4, 0.5) is 0 Å². The van der Waals surface area contributed by atoms with Crippen molar-refractivity contribution >= 4 is 27.2 Å². The molecular weight excluding hydrogens is 631 g/mol. The molecule has 5 heteroatoms. The first-order chi connectivity index (χ1) is 16.5. The van der Waals surface area contributed by atoms with E-state index < -0.39 is 0 Å². The van der Waals surface area contributed by atoms with Gasteiger partial charge in [0.25, 0.3) is 0 Å². The Morgan fingerprint density at radius 3 is 2.09 bits per heavy atom. The van der Waals surface area contributed by atoms with E-state index in [1.165, 1.54) is 51.6 Å². The maximum Gasteiger partial charge on any atom is 0.155 e. The fourth-order valence-electron chi connectivity index (χ4n) is 3.68. The number of rotatable bonds is 4. The minimum Gasteiger partial charge on any atom is -0.512 e. The normalized spacial score (nSPS) is 10.7. The number of aliphatic hydroxyl groups is 1. The average Bonchev–Trinajstić information content (AvgIpc) is 3.24. The van der Waals surface area contributed by atoms with Gasteiger partial charge in [0.2, 0.25) is 0 Å². The Kier molecular flexibility index (Phi) is 9.27. The number of hydrogen-bond acceptors (Lipinski definition) is 4. The van der Waals surface area contributed by atoms with Crippen LogP contribution in [0.3, 0.4) is 0 Å². The molecule has 0 fully saturated rings. The third-order valence-corrected chi connectivity index (χ3v) is 6.26. The van der Waals surface area contributed by atoms with Crippen molar-refractivity contribution in [3.63, 3.8) is 0 Å². The fourth-order valence-corrected chi connectivity index (χ4v) is 4.86. The second-order valence-electron chi connectivity index (χ2n) is 7.78. The van der Waals surface area contributed by atoms with Gasteiger partial charge in [0.05, 0.1) is 10.5 Å². The number of aliphatic hydroxyl groups excluding tert-OH is 1. The summed E-state index contributed by atoms with van der Waals surface area (Å²) in [5.41, 5.74) is 5.73. The van der Waals surface area contributed by atoms with E-state index in [1.54, 1.807) is 11.3 Å². The van der Waals surface area contributed by atoms with Gasteiger partial charge in [0.1, 0.15) is 0 Å². The molecule has 35 heavy (non-hydrogen) atoms. The number of carbonyl (C=O) groups is 1. The molecule has 0 spiro atoms. The summed E-state index contributed by atoms with van der Waals surface area (Å²) in [5.74, 6) is -0.0625. The third kappa shape index (κ3) is 6.61. The average molecular weight is 655 g/mol. The van der Waals surface area contributed by atoms with E-state index in [2.05, 4.69) is 78.9 Å². The zero-order valence-electron chi connectivity index (χ0n) is 19.4. The van der Waals surface area contributed by atoms with E-state index in [1.807, 2.05) is 24.4 Å². The van der Waals surface area contributed by atoms with E-state index >= 15 is 0 Å². The molecule has 1 N–H and O–H groups in total. The molecule has 2 heterocycles. The summed E-state index contributed by atoms with van der Waals surface area (Å²) < 4.78 is 1.20. The Hall–Kier alpha value is -3.37. The van der Waals surface area contributed by atoms with Crippen LogP contribution < -0.4 is 0 Å². The summed E-state index contributed by atoms with van der Waals surface area (Å²) >= 11 is 1.80. The SMILES string of the molecule is CC(=O)/C=C(/C)O.[Ir].[c-]1ccccc1-c1cc2c(-c3ccccc3)c(-c3ccccc3)sc2cn1. The maximum atomic E-state index is 10.0. The van der Waals surface area contributed by atoms with Crippen LogP contribution in [0.5, 0.6) is 0 Å². The number of pyridine rings is 1. The number of fused-ring (bicyclic) bond motifs is 1. The number of allylic oxidation sites excluding steroid dienone is 2. The van der Waals surface area contributed by atoms with Crippen LogP contribution in [0.2, 0.25) is 0 Å². The molecule has 2 aromatic heterocycles. The molecule has 0 bridgehead atoms. The molecular formula is C30H24IrNO2S-. The van der Waals surface area contributed by atoms with Crippen LogP contribution in [0.1, 0.15) is 13.8 Å². The largest absolute Gasteiger partial charge is 0.512 e. The zero-order chi connectivity index (χ0) is 23.9. The van der Waals surface area contributed by atoms with Crippen molar-refractivity contribution in [2.75, 3.05) is 0 Å². The third-order valence-electron chi connectivity index (χ3n) is 5.07. The van der Waals surface area contributed by atoms with Crippen molar-refractivity contribution < 1.29 is 30.0 Å². The number of nitrogens with zero attached hydrogens (tertiary/aromatic N) is 1. The van der Waals surface area contributed by atoms with Crippen molar-refractivity contribution in [3.8, 4) is 32.8 Å². The van der Waals surface area contributed by atoms with Gasteiger partial charge >= 0.3 is 0 Å². The minimum atomic E-state index is -0.125. The fraction of sp³-hybridized carbons (Fsp3) is 0.0667. The Bertz CT molecular complexity index is 1430.